The fourth-order valence-corrected chi connectivity index (χ4v) is 3.86. The van der Waals surface area contributed by atoms with E-state index in [9.17, 15) is 13.6 Å². The van der Waals surface area contributed by atoms with Crippen LogP contribution in [-0.2, 0) is 9.53 Å². The molecule has 144 valence electrons. The number of anilines is 1. The normalized spacial score (nSPS) is 19.7. The van der Waals surface area contributed by atoms with Gasteiger partial charge in [0.2, 0.25) is 5.95 Å². The molecule has 0 saturated carbocycles. The molecule has 1 aromatic heterocycles. The largest absolute Gasteiger partial charge is 0.482 e. The zero-order valence-electron chi connectivity index (χ0n) is 15.7. The molecule has 2 aliphatic heterocycles. The zero-order chi connectivity index (χ0) is 20.3. The van der Waals surface area contributed by atoms with Gasteiger partial charge in [0.25, 0.3) is 5.91 Å². The van der Waals surface area contributed by atoms with Gasteiger partial charge in [0.05, 0.1) is 16.8 Å². The van der Waals surface area contributed by atoms with Crippen molar-refractivity contribution in [3.8, 4) is 0 Å². The Morgan fingerprint density at radius 2 is 1.83 bits per heavy atom. The molecule has 2 aliphatic rings. The molecule has 0 radical (unpaired) electrons. The van der Waals surface area contributed by atoms with E-state index in [1.807, 2.05) is 12.1 Å². The summed E-state index contributed by atoms with van der Waals surface area (Å²) in [5.74, 6) is -1.11. The maximum absolute atomic E-state index is 14.8. The van der Waals surface area contributed by atoms with Crippen LogP contribution in [0.5, 0.6) is 0 Å². The van der Waals surface area contributed by atoms with E-state index >= 15 is 0 Å². The molecular formula is C23H16F2N2O2. The number of nitrogens with one attached hydrogen (secondary N) is 1. The lowest BCUT2D eigenvalue weighted by Crippen LogP contribution is -2.22. The van der Waals surface area contributed by atoms with Crippen LogP contribution in [0.4, 0.5) is 14.5 Å². The molecule has 5 rings (SSSR count). The number of carbonyl (C=O) groups excluding carboxylic acids is 1. The van der Waals surface area contributed by atoms with Crippen molar-refractivity contribution in [1.82, 2.24) is 4.98 Å². The first-order chi connectivity index (χ1) is 13.8. The Morgan fingerprint density at radius 3 is 2.66 bits per heavy atom. The predicted molar refractivity (Wildman–Crippen MR) is 107 cm³/mol. The zero-order valence-corrected chi connectivity index (χ0v) is 15.7. The minimum absolute atomic E-state index is 0.303. The van der Waals surface area contributed by atoms with E-state index in [0.717, 1.165) is 5.39 Å². The van der Waals surface area contributed by atoms with Crippen LogP contribution in [0.1, 0.15) is 25.0 Å². The van der Waals surface area contributed by atoms with E-state index < -0.39 is 17.4 Å². The third kappa shape index (κ3) is 2.71. The lowest BCUT2D eigenvalue weighted by Gasteiger charge is -2.23. The van der Waals surface area contributed by atoms with E-state index in [2.05, 4.69) is 10.3 Å². The number of halogens is 2. The van der Waals surface area contributed by atoms with Crippen molar-refractivity contribution in [2.45, 2.75) is 19.4 Å². The van der Waals surface area contributed by atoms with Gasteiger partial charge in [0.15, 0.2) is 0 Å². The van der Waals surface area contributed by atoms with Crippen molar-refractivity contribution in [3.05, 3.63) is 83.3 Å². The number of ether oxygens (including phenoxy) is 1. The summed E-state index contributed by atoms with van der Waals surface area (Å²) in [4.78, 5) is 16.6. The first-order valence-electron chi connectivity index (χ1n) is 9.16. The van der Waals surface area contributed by atoms with Gasteiger partial charge in [0.1, 0.15) is 17.2 Å². The second-order valence-corrected chi connectivity index (χ2v) is 7.57. The van der Waals surface area contributed by atoms with Crippen LogP contribution in [0.2, 0.25) is 0 Å². The fraction of sp³-hybridized carbons (Fsp3) is 0.130. The van der Waals surface area contributed by atoms with Crippen LogP contribution < -0.4 is 5.32 Å². The Bertz CT molecular complexity index is 1280. The molecule has 1 amide bonds. The Kier molecular flexibility index (Phi) is 3.62. The summed E-state index contributed by atoms with van der Waals surface area (Å²) < 4.78 is 34.4. The molecule has 0 atom stereocenters. The van der Waals surface area contributed by atoms with Crippen LogP contribution in [0.3, 0.4) is 0 Å². The number of hydrogen-bond acceptors (Lipinski definition) is 3. The number of aromatic nitrogens is 1. The maximum atomic E-state index is 14.8. The van der Waals surface area contributed by atoms with Crippen LogP contribution in [0.25, 0.3) is 22.0 Å². The lowest BCUT2D eigenvalue weighted by molar-refractivity contribution is -0.111. The van der Waals surface area contributed by atoms with Gasteiger partial charge in [0, 0.05) is 22.1 Å². The quantitative estimate of drug-likeness (QED) is 0.466. The highest BCUT2D eigenvalue weighted by Gasteiger charge is 2.39. The van der Waals surface area contributed by atoms with Crippen molar-refractivity contribution < 1.29 is 18.3 Å². The number of nitrogens with zero attached hydrogens (tertiary/aromatic N) is 1. The van der Waals surface area contributed by atoms with E-state index in [4.69, 9.17) is 4.74 Å². The van der Waals surface area contributed by atoms with Gasteiger partial charge in [-0.2, -0.15) is 4.39 Å². The summed E-state index contributed by atoms with van der Waals surface area (Å²) >= 11 is 0. The van der Waals surface area contributed by atoms with Crippen LogP contribution in [0.15, 0.2) is 60.4 Å². The smallest absolute Gasteiger partial charge is 0.260 e. The fourth-order valence-electron chi connectivity index (χ4n) is 3.86. The van der Waals surface area contributed by atoms with Crippen LogP contribution >= 0.6 is 0 Å². The highest BCUT2D eigenvalue weighted by molar-refractivity contribution is 6.32. The summed E-state index contributed by atoms with van der Waals surface area (Å²) in [6.45, 7) is 3.61. The summed E-state index contributed by atoms with van der Waals surface area (Å²) in [5.41, 5.74) is 1.83. The third-order valence-corrected chi connectivity index (χ3v) is 5.23. The molecule has 0 fully saturated rings. The number of para-hydroxylation sites is 1. The summed E-state index contributed by atoms with van der Waals surface area (Å²) in [5, 5.41) is 3.46. The predicted octanol–water partition coefficient (Wildman–Crippen LogP) is 5.07. The van der Waals surface area contributed by atoms with Gasteiger partial charge < -0.3 is 10.1 Å². The van der Waals surface area contributed by atoms with E-state index in [1.54, 1.807) is 38.1 Å². The monoisotopic (exact) mass is 390 g/mol. The highest BCUT2D eigenvalue weighted by Crippen LogP contribution is 2.45. The van der Waals surface area contributed by atoms with Gasteiger partial charge in [-0.15, -0.1) is 0 Å². The van der Waals surface area contributed by atoms with Crippen LogP contribution in [-0.4, -0.2) is 16.5 Å². The van der Waals surface area contributed by atoms with Crippen molar-refractivity contribution in [2.24, 2.45) is 0 Å². The standard InChI is InChI=1S/C23H16F2N2O2/c1-23(2)16(15-9-12-5-3-4-6-17(12)26-21(15)25)11-19(29-23)20-14-8-7-13(24)10-18(14)27-22(20)28/h3-11H,1-2H3,(H,27,28)/b20-19+. The molecule has 2 aromatic carbocycles. The number of hydrogen-bond donors (Lipinski definition) is 1. The number of amides is 1. The number of allylic oxidation sites excluding steroid dienone is 1. The summed E-state index contributed by atoms with van der Waals surface area (Å²) in [6, 6.07) is 13.1. The molecule has 1 N–H and O–H groups in total. The Balaban J connectivity index is 1.70. The number of fused-ring (bicyclic) bond motifs is 2. The second kappa shape index (κ2) is 5.98. The van der Waals surface area contributed by atoms with E-state index in [1.165, 1.54) is 18.2 Å². The lowest BCUT2D eigenvalue weighted by atomic mass is 9.92. The Labute approximate surface area is 165 Å². The Morgan fingerprint density at radius 1 is 1.03 bits per heavy atom. The third-order valence-electron chi connectivity index (χ3n) is 5.23. The molecule has 0 spiro atoms. The molecular weight excluding hydrogens is 374 g/mol. The number of benzene rings is 2. The molecule has 3 aromatic rings. The van der Waals surface area contributed by atoms with Gasteiger partial charge in [-0.25, -0.2) is 9.37 Å². The van der Waals surface area contributed by atoms with E-state index in [-0.39, 0.29) is 5.91 Å². The average Bonchev–Trinajstić information content (AvgIpc) is 3.15. The van der Waals surface area contributed by atoms with Crippen molar-refractivity contribution >= 4 is 33.6 Å². The van der Waals surface area contributed by atoms with Gasteiger partial charge in [-0.05, 0) is 50.3 Å². The Hall–Kier alpha value is -3.54. The molecule has 3 heterocycles. The number of carbonyl (C=O) groups is 1. The number of rotatable bonds is 1. The van der Waals surface area contributed by atoms with Gasteiger partial charge in [-0.3, -0.25) is 4.79 Å². The second-order valence-electron chi connectivity index (χ2n) is 7.57. The molecule has 6 heteroatoms. The van der Waals surface area contributed by atoms with E-state index in [0.29, 0.717) is 39.2 Å². The van der Waals surface area contributed by atoms with Gasteiger partial charge in [-0.1, -0.05) is 18.2 Å². The topological polar surface area (TPSA) is 51.2 Å². The van der Waals surface area contributed by atoms with Crippen molar-refractivity contribution in [1.29, 1.82) is 0 Å². The van der Waals surface area contributed by atoms with Crippen molar-refractivity contribution in [3.63, 3.8) is 0 Å². The summed E-state index contributed by atoms with van der Waals surface area (Å²) in [6.07, 6.45) is 1.67. The first kappa shape index (κ1) is 17.6. The molecule has 29 heavy (non-hydrogen) atoms. The SMILES string of the molecule is CC1(C)O/C(=C2/C(=O)Nc3cc(F)ccc32)C=C1c1cc2ccccc2nc1F. The van der Waals surface area contributed by atoms with Gasteiger partial charge >= 0.3 is 0 Å². The van der Waals surface area contributed by atoms with Crippen molar-refractivity contribution in [2.75, 3.05) is 5.32 Å². The molecule has 0 unspecified atom stereocenters. The molecule has 4 nitrogen and oxygen atoms in total. The maximum Gasteiger partial charge on any atom is 0.260 e. The van der Waals surface area contributed by atoms with Crippen LogP contribution in [0, 0.1) is 11.8 Å². The summed E-state index contributed by atoms with van der Waals surface area (Å²) in [7, 11) is 0. The number of pyridine rings is 1. The highest BCUT2D eigenvalue weighted by atomic mass is 19.1. The minimum atomic E-state index is -0.879. The molecule has 0 saturated heterocycles. The first-order valence-corrected chi connectivity index (χ1v) is 9.16. The average molecular weight is 390 g/mol. The minimum Gasteiger partial charge on any atom is -0.482 e. The molecule has 0 bridgehead atoms. The molecule has 0 aliphatic carbocycles.